The summed E-state index contributed by atoms with van der Waals surface area (Å²) in [7, 11) is 0. The van der Waals surface area contributed by atoms with E-state index in [4.69, 9.17) is 11.5 Å². The lowest BCUT2D eigenvalue weighted by atomic mass is 9.88. The molecule has 0 fully saturated rings. The van der Waals surface area contributed by atoms with Crippen LogP contribution in [0.25, 0.3) is 11.1 Å². The molecule has 2 aromatic rings. The maximum Gasteiger partial charge on any atom is 0.253 e. The number of nitrogens with one attached hydrogen (secondary N) is 4. The van der Waals surface area contributed by atoms with Crippen LogP contribution in [-0.2, 0) is 0 Å². The zero-order valence-corrected chi connectivity index (χ0v) is 34.5. The molecule has 0 saturated heterocycles. The maximum atomic E-state index is 13.9. The molecule has 50 heavy (non-hydrogen) atoms. The summed E-state index contributed by atoms with van der Waals surface area (Å²) in [5.74, 6) is -3.43. The fourth-order valence-electron chi connectivity index (χ4n) is 4.22. The van der Waals surface area contributed by atoms with E-state index in [0.717, 1.165) is 0 Å². The molecule has 4 atom stereocenters. The zero-order chi connectivity index (χ0) is 38.0. The van der Waals surface area contributed by atoms with Crippen molar-refractivity contribution >= 4 is 125 Å². The summed E-state index contributed by atoms with van der Waals surface area (Å²) in [6, 6.07) is 0. The molecule has 0 aromatic heterocycles. The Labute approximate surface area is 339 Å². The van der Waals surface area contributed by atoms with Crippen LogP contribution in [-0.4, -0.2) is 142 Å². The highest BCUT2D eigenvalue weighted by atomic mass is 127. The number of carbonyl (C=O) groups excluding carboxylic acids is 4. The minimum atomic E-state index is -1.38. The minimum Gasteiger partial charge on any atom is -0.397 e. The van der Waals surface area contributed by atoms with E-state index in [0.29, 0.717) is 0 Å². The van der Waals surface area contributed by atoms with E-state index < -0.39 is 87.6 Å². The summed E-state index contributed by atoms with van der Waals surface area (Å²) < 4.78 is 0.122. The van der Waals surface area contributed by atoms with E-state index in [1.165, 1.54) is 0 Å². The van der Waals surface area contributed by atoms with Crippen LogP contribution in [0.15, 0.2) is 0 Å². The first-order valence-electron chi connectivity index (χ1n) is 14.4. The Morgan fingerprint density at radius 1 is 0.460 bits per heavy atom. The van der Waals surface area contributed by atoms with Gasteiger partial charge in [0.25, 0.3) is 23.6 Å². The van der Waals surface area contributed by atoms with Gasteiger partial charge in [-0.1, -0.05) is 0 Å². The van der Waals surface area contributed by atoms with Gasteiger partial charge in [0.15, 0.2) is 0 Å². The number of rotatable bonds is 17. The first kappa shape index (κ1) is 44.7. The van der Waals surface area contributed by atoms with Crippen LogP contribution in [0.4, 0.5) is 11.4 Å². The van der Waals surface area contributed by atoms with Crippen LogP contribution < -0.4 is 32.7 Å². The van der Waals surface area contributed by atoms with Crippen molar-refractivity contribution in [3.8, 4) is 11.1 Å². The number of amides is 4. The summed E-state index contributed by atoms with van der Waals surface area (Å²) in [6.07, 6.45) is -5.36. The smallest absolute Gasteiger partial charge is 0.253 e. The van der Waals surface area contributed by atoms with Crippen molar-refractivity contribution in [2.24, 2.45) is 0 Å². The fraction of sp³-hybridized carbons (Fsp3) is 0.429. The molecule has 278 valence electrons. The Hall–Kier alpha value is -1.48. The van der Waals surface area contributed by atoms with Crippen molar-refractivity contribution < 1.29 is 60.0 Å². The molecule has 0 radical (unpaired) electrons. The number of aliphatic hydroxyl groups excluding tert-OH is 8. The van der Waals surface area contributed by atoms with E-state index in [1.807, 2.05) is 0 Å². The molecular formula is C28H36I4N6O12. The third-order valence-corrected chi connectivity index (χ3v) is 11.2. The van der Waals surface area contributed by atoms with E-state index in [9.17, 15) is 60.0 Å². The van der Waals surface area contributed by atoms with Crippen LogP contribution in [0, 0.1) is 14.3 Å². The average molecular weight is 1160 g/mol. The molecule has 4 amide bonds. The predicted octanol–water partition coefficient (Wildman–Crippen LogP) is -2.73. The minimum absolute atomic E-state index is 0.0190. The Bertz CT molecular complexity index is 1490. The second-order valence-electron chi connectivity index (χ2n) is 10.5. The second-order valence-corrected chi connectivity index (χ2v) is 14.8. The maximum absolute atomic E-state index is 13.9. The van der Waals surface area contributed by atoms with Crippen molar-refractivity contribution in [1.82, 2.24) is 21.3 Å². The topological polar surface area (TPSA) is 330 Å². The first-order chi connectivity index (χ1) is 23.5. The van der Waals surface area contributed by atoms with Gasteiger partial charge >= 0.3 is 0 Å². The van der Waals surface area contributed by atoms with Gasteiger partial charge in [-0.2, -0.15) is 0 Å². The lowest BCUT2D eigenvalue weighted by Crippen LogP contribution is -2.38. The highest BCUT2D eigenvalue weighted by Gasteiger charge is 2.35. The number of aliphatic hydroxyl groups is 8. The van der Waals surface area contributed by atoms with Crippen molar-refractivity contribution in [3.05, 3.63) is 36.5 Å². The van der Waals surface area contributed by atoms with Gasteiger partial charge in [-0.15, -0.1) is 0 Å². The Morgan fingerprint density at radius 3 is 0.900 bits per heavy atom. The van der Waals surface area contributed by atoms with E-state index >= 15 is 0 Å². The molecule has 0 aliphatic rings. The lowest BCUT2D eigenvalue weighted by Gasteiger charge is -2.25. The van der Waals surface area contributed by atoms with Gasteiger partial charge in [-0.3, -0.25) is 19.2 Å². The highest BCUT2D eigenvalue weighted by molar-refractivity contribution is 14.1. The highest BCUT2D eigenvalue weighted by Crippen LogP contribution is 2.46. The number of benzene rings is 2. The molecule has 0 spiro atoms. The van der Waals surface area contributed by atoms with Gasteiger partial charge in [0.1, 0.15) is 0 Å². The van der Waals surface area contributed by atoms with Crippen LogP contribution >= 0.6 is 90.4 Å². The number of hydrogen-bond acceptors (Lipinski definition) is 14. The molecule has 0 aliphatic heterocycles. The fourth-order valence-corrected chi connectivity index (χ4v) is 8.88. The molecule has 4 unspecified atom stereocenters. The van der Waals surface area contributed by atoms with Crippen LogP contribution in [0.3, 0.4) is 0 Å². The predicted molar refractivity (Wildman–Crippen MR) is 213 cm³/mol. The monoisotopic (exact) mass is 1160 g/mol. The summed E-state index contributed by atoms with van der Waals surface area (Å²) >= 11 is 6.91. The molecule has 16 N–H and O–H groups in total. The average Bonchev–Trinajstić information content (AvgIpc) is 3.09. The number of halogens is 4. The molecule has 0 bridgehead atoms. The lowest BCUT2D eigenvalue weighted by molar-refractivity contribution is 0.0792. The number of hydrogen-bond donors (Lipinski definition) is 14. The Morgan fingerprint density at radius 2 is 0.680 bits per heavy atom. The molecule has 2 rings (SSSR count). The number of carbonyl (C=O) groups is 4. The molecule has 22 heteroatoms. The molecule has 2 aromatic carbocycles. The summed E-state index contributed by atoms with van der Waals surface area (Å²) in [6.45, 7) is -4.32. The van der Waals surface area contributed by atoms with Gasteiger partial charge in [-0.25, -0.2) is 0 Å². The first-order valence-corrected chi connectivity index (χ1v) is 18.7. The summed E-state index contributed by atoms with van der Waals surface area (Å²) in [5.41, 5.74) is 11.7. The molecule has 0 aliphatic carbocycles. The Kier molecular flexibility index (Phi) is 18.5. The molecule has 18 nitrogen and oxygen atoms in total. The van der Waals surface area contributed by atoms with Gasteiger partial charge in [0.2, 0.25) is 0 Å². The quantitative estimate of drug-likeness (QED) is 0.0566. The van der Waals surface area contributed by atoms with Crippen LogP contribution in [0.5, 0.6) is 0 Å². The van der Waals surface area contributed by atoms with Crippen molar-refractivity contribution in [1.29, 1.82) is 0 Å². The SMILES string of the molecule is Nc1c(I)c(C(=O)NCC(O)CO)c(I)c(C(=O)NCC(O)CO)c1-c1c(N)c(I)c(C(=O)NCC(O)CO)c(I)c1C(=O)NCC(O)CO. The van der Waals surface area contributed by atoms with Gasteiger partial charge in [-0.05, 0) is 90.4 Å². The third-order valence-electron chi connectivity index (χ3n) is 6.82. The standard InChI is InChI=1S/C28H36I4N6O12/c29-19-15(25(47)35-1-9(43)5-39)13(23(33)21(31)17(19)27(49)37-3-11(45)7-41)14-16(26(48)36-2-10(44)6-40)20(30)18(22(32)24(14)34)28(50)38-4-12(46)8-42/h9-12,39-46H,1-8,33-34H2,(H,35,47)(H,36,48)(H,37,49)(H,38,50). The van der Waals surface area contributed by atoms with Crippen LogP contribution in [0.2, 0.25) is 0 Å². The molecule has 0 saturated carbocycles. The zero-order valence-electron chi connectivity index (χ0n) is 25.8. The van der Waals surface area contributed by atoms with Gasteiger partial charge < -0.3 is 73.6 Å². The normalized spacial score (nSPS) is 13.6. The summed E-state index contributed by atoms with van der Waals surface area (Å²) in [4.78, 5) is 54.6. The van der Waals surface area contributed by atoms with E-state index in [1.54, 1.807) is 90.4 Å². The number of nitrogen functional groups attached to an aromatic ring is 2. The van der Waals surface area contributed by atoms with Crippen molar-refractivity contribution in [2.75, 3.05) is 64.1 Å². The van der Waals surface area contributed by atoms with Gasteiger partial charge in [0.05, 0.1) is 91.6 Å². The Balaban J connectivity index is 3.10. The van der Waals surface area contributed by atoms with E-state index in [2.05, 4.69) is 21.3 Å². The van der Waals surface area contributed by atoms with Gasteiger partial charge in [0, 0.05) is 44.4 Å². The van der Waals surface area contributed by atoms with E-state index in [-0.39, 0.29) is 72.1 Å². The largest absolute Gasteiger partial charge is 0.397 e. The molecular weight excluding hydrogens is 1120 g/mol. The second kappa shape index (κ2) is 20.7. The van der Waals surface area contributed by atoms with Crippen molar-refractivity contribution in [3.63, 3.8) is 0 Å². The number of anilines is 2. The summed E-state index contributed by atoms with van der Waals surface area (Å²) in [5, 5.41) is 86.3. The third kappa shape index (κ3) is 10.8. The van der Waals surface area contributed by atoms with Crippen LogP contribution in [0.1, 0.15) is 41.4 Å². The molecule has 0 heterocycles. The van der Waals surface area contributed by atoms with Crippen molar-refractivity contribution in [2.45, 2.75) is 24.4 Å². The number of nitrogens with two attached hydrogens (primary N) is 2.